The summed E-state index contributed by atoms with van der Waals surface area (Å²) in [5.41, 5.74) is 0.747. The predicted molar refractivity (Wildman–Crippen MR) is 101 cm³/mol. The molecule has 4 rings (SSSR count). The van der Waals surface area contributed by atoms with E-state index in [0.717, 1.165) is 0 Å². The van der Waals surface area contributed by atoms with Crippen molar-refractivity contribution in [3.05, 3.63) is 57.6 Å². The molecule has 0 unspecified atom stereocenters. The highest BCUT2D eigenvalue weighted by molar-refractivity contribution is 6.31. The molecule has 1 N–H and O–H groups in total. The second kappa shape index (κ2) is 7.53. The van der Waals surface area contributed by atoms with Gasteiger partial charge in [0.05, 0.1) is 34.1 Å². The number of hydrogen-bond donors (Lipinski definition) is 1. The van der Waals surface area contributed by atoms with Crippen LogP contribution in [0, 0.1) is 15.9 Å². The molecule has 8 nitrogen and oxygen atoms in total. The largest absolute Gasteiger partial charge is 0.481 e. The quantitative estimate of drug-likeness (QED) is 0.501. The number of fused-ring (bicyclic) bond motifs is 1. The lowest BCUT2D eigenvalue weighted by molar-refractivity contribution is -0.385. The maximum absolute atomic E-state index is 13.4. The normalized spacial score (nSPS) is 16.3. The molecule has 1 aliphatic heterocycles. The molecule has 0 radical (unpaired) electrons. The molecule has 2 heterocycles. The molecular weight excluding hydrogens is 391 g/mol. The van der Waals surface area contributed by atoms with Crippen LogP contribution >= 0.6 is 11.6 Å². The van der Waals surface area contributed by atoms with Crippen molar-refractivity contribution in [1.82, 2.24) is 9.97 Å². The highest BCUT2D eigenvalue weighted by Crippen LogP contribution is 2.36. The van der Waals surface area contributed by atoms with Crippen molar-refractivity contribution in [3.63, 3.8) is 0 Å². The van der Waals surface area contributed by atoms with E-state index >= 15 is 0 Å². The van der Waals surface area contributed by atoms with Crippen molar-refractivity contribution in [1.29, 1.82) is 0 Å². The van der Waals surface area contributed by atoms with Crippen molar-refractivity contribution < 1.29 is 18.8 Å². The number of nitrogens with zero attached hydrogens (tertiary/aromatic N) is 3. The van der Waals surface area contributed by atoms with E-state index in [9.17, 15) is 14.5 Å². The summed E-state index contributed by atoms with van der Waals surface area (Å²) in [6, 6.07) is 6.97. The second-order valence-corrected chi connectivity index (χ2v) is 6.58. The van der Waals surface area contributed by atoms with Crippen LogP contribution in [0.25, 0.3) is 10.9 Å². The van der Waals surface area contributed by atoms with E-state index in [4.69, 9.17) is 21.1 Å². The standard InChI is InChI=1S/C18H14ClFN4O4/c19-13-5-10(1-2-14(13)20)23-18-12-6-16(24(25)26)17(7-15(12)21-9-22-18)28-11-3-4-27-8-11/h1-2,5-7,9,11H,3-4,8H2,(H,21,22,23)/t11-/m1/s1. The predicted octanol–water partition coefficient (Wildman–Crippen LogP) is 4.24. The van der Waals surface area contributed by atoms with Crippen molar-refractivity contribution in [2.24, 2.45) is 0 Å². The van der Waals surface area contributed by atoms with Crippen LogP contribution in [0.5, 0.6) is 5.75 Å². The molecule has 0 amide bonds. The Morgan fingerprint density at radius 1 is 1.32 bits per heavy atom. The van der Waals surface area contributed by atoms with Crippen LogP contribution in [-0.4, -0.2) is 34.2 Å². The lowest BCUT2D eigenvalue weighted by atomic mass is 10.2. The molecule has 0 bridgehead atoms. The molecule has 1 fully saturated rings. The number of ether oxygens (including phenoxy) is 2. The first kappa shape index (κ1) is 18.3. The third-order valence-corrected chi connectivity index (χ3v) is 4.57. The first-order valence-electron chi connectivity index (χ1n) is 8.41. The van der Waals surface area contributed by atoms with Gasteiger partial charge in [0.25, 0.3) is 0 Å². The molecule has 0 spiro atoms. The van der Waals surface area contributed by atoms with Gasteiger partial charge in [-0.15, -0.1) is 0 Å². The molecule has 0 saturated carbocycles. The maximum Gasteiger partial charge on any atom is 0.311 e. The Morgan fingerprint density at radius 2 is 2.18 bits per heavy atom. The molecule has 1 aromatic heterocycles. The fraction of sp³-hybridized carbons (Fsp3) is 0.222. The number of nitro groups is 1. The third kappa shape index (κ3) is 3.67. The smallest absolute Gasteiger partial charge is 0.311 e. The molecule has 3 aromatic rings. The van der Waals surface area contributed by atoms with Gasteiger partial charge in [0.1, 0.15) is 24.1 Å². The number of nitrogens with one attached hydrogen (secondary N) is 1. The first-order chi connectivity index (χ1) is 13.5. The third-order valence-electron chi connectivity index (χ3n) is 4.28. The van der Waals surface area contributed by atoms with Gasteiger partial charge in [-0.1, -0.05) is 11.6 Å². The summed E-state index contributed by atoms with van der Waals surface area (Å²) in [7, 11) is 0. The average molecular weight is 405 g/mol. The summed E-state index contributed by atoms with van der Waals surface area (Å²) in [5.74, 6) is -0.0953. The van der Waals surface area contributed by atoms with Gasteiger partial charge in [-0.05, 0) is 18.2 Å². The highest BCUT2D eigenvalue weighted by atomic mass is 35.5. The summed E-state index contributed by atoms with van der Waals surface area (Å²) < 4.78 is 24.4. The Kier molecular flexibility index (Phi) is 4.93. The van der Waals surface area contributed by atoms with E-state index in [-0.39, 0.29) is 22.6 Å². The fourth-order valence-electron chi connectivity index (χ4n) is 2.91. The van der Waals surface area contributed by atoms with E-state index in [1.807, 2.05) is 0 Å². The first-order valence-corrected chi connectivity index (χ1v) is 8.78. The Labute approximate surface area is 163 Å². The van der Waals surface area contributed by atoms with Gasteiger partial charge < -0.3 is 14.8 Å². The van der Waals surface area contributed by atoms with Gasteiger partial charge >= 0.3 is 5.69 Å². The monoisotopic (exact) mass is 404 g/mol. The van der Waals surface area contributed by atoms with Gasteiger partial charge in [-0.2, -0.15) is 0 Å². The molecule has 28 heavy (non-hydrogen) atoms. The Balaban J connectivity index is 1.74. The number of rotatable bonds is 5. The summed E-state index contributed by atoms with van der Waals surface area (Å²) in [5, 5.41) is 14.9. The molecule has 144 valence electrons. The average Bonchev–Trinajstić information content (AvgIpc) is 3.17. The molecule has 1 aliphatic rings. The van der Waals surface area contributed by atoms with E-state index in [1.54, 1.807) is 0 Å². The molecule has 10 heteroatoms. The topological polar surface area (TPSA) is 99.4 Å². The lowest BCUT2D eigenvalue weighted by Crippen LogP contribution is -2.16. The summed E-state index contributed by atoms with van der Waals surface area (Å²) in [4.78, 5) is 19.4. The van der Waals surface area contributed by atoms with E-state index in [2.05, 4.69) is 15.3 Å². The second-order valence-electron chi connectivity index (χ2n) is 6.17. The van der Waals surface area contributed by atoms with Gasteiger partial charge in [-0.25, -0.2) is 14.4 Å². The summed E-state index contributed by atoms with van der Waals surface area (Å²) in [6.45, 7) is 0.944. The van der Waals surface area contributed by atoms with E-state index in [0.29, 0.717) is 42.0 Å². The number of halogens is 2. The molecule has 1 atom stereocenters. The van der Waals surface area contributed by atoms with Crippen molar-refractivity contribution >= 4 is 39.7 Å². The number of hydrogen-bond acceptors (Lipinski definition) is 7. The Hall–Kier alpha value is -3.04. The number of anilines is 2. The van der Waals surface area contributed by atoms with Crippen LogP contribution in [0.3, 0.4) is 0 Å². The summed E-state index contributed by atoms with van der Waals surface area (Å²) >= 11 is 5.80. The zero-order valence-corrected chi connectivity index (χ0v) is 15.1. The zero-order valence-electron chi connectivity index (χ0n) is 14.4. The van der Waals surface area contributed by atoms with Crippen LogP contribution in [0.4, 0.5) is 21.6 Å². The van der Waals surface area contributed by atoms with Crippen molar-refractivity contribution in [2.75, 3.05) is 18.5 Å². The minimum atomic E-state index is -0.548. The van der Waals surface area contributed by atoms with Crippen LogP contribution in [0.1, 0.15) is 6.42 Å². The summed E-state index contributed by atoms with van der Waals surface area (Å²) in [6.07, 6.45) is 1.75. The van der Waals surface area contributed by atoms with Crippen LogP contribution in [0.15, 0.2) is 36.7 Å². The Morgan fingerprint density at radius 3 is 2.89 bits per heavy atom. The molecule has 2 aromatic carbocycles. The minimum Gasteiger partial charge on any atom is -0.481 e. The van der Waals surface area contributed by atoms with Crippen LogP contribution in [-0.2, 0) is 4.74 Å². The number of aromatic nitrogens is 2. The maximum atomic E-state index is 13.4. The van der Waals surface area contributed by atoms with Gasteiger partial charge in [0.2, 0.25) is 0 Å². The molecule has 1 saturated heterocycles. The SMILES string of the molecule is O=[N+]([O-])c1cc2c(Nc3ccc(F)c(Cl)c3)ncnc2cc1O[C@@H]1CCOC1. The highest BCUT2D eigenvalue weighted by Gasteiger charge is 2.24. The number of nitro benzene ring substituents is 1. The Bertz CT molecular complexity index is 1060. The van der Waals surface area contributed by atoms with Crippen LogP contribution in [0.2, 0.25) is 5.02 Å². The van der Waals surface area contributed by atoms with E-state index < -0.39 is 10.7 Å². The fourth-order valence-corrected chi connectivity index (χ4v) is 3.09. The van der Waals surface area contributed by atoms with Gasteiger partial charge in [-0.3, -0.25) is 10.1 Å². The van der Waals surface area contributed by atoms with Crippen molar-refractivity contribution in [3.8, 4) is 5.75 Å². The van der Waals surface area contributed by atoms with Crippen molar-refractivity contribution in [2.45, 2.75) is 12.5 Å². The van der Waals surface area contributed by atoms with E-state index in [1.165, 1.54) is 36.7 Å². The van der Waals surface area contributed by atoms with Gasteiger partial charge in [0.15, 0.2) is 5.75 Å². The lowest BCUT2D eigenvalue weighted by Gasteiger charge is -2.14. The number of benzene rings is 2. The molecular formula is C18H14ClFN4O4. The van der Waals surface area contributed by atoms with Crippen LogP contribution < -0.4 is 10.1 Å². The zero-order chi connectivity index (χ0) is 19.7. The molecule has 0 aliphatic carbocycles. The van der Waals surface area contributed by atoms with Gasteiger partial charge in [0, 0.05) is 24.2 Å². The minimum absolute atomic E-state index is 0.0520.